The maximum atomic E-state index is 13.5. The average Bonchev–Trinajstić information content (AvgIpc) is 3.03. The molecule has 0 bridgehead atoms. The quantitative estimate of drug-likeness (QED) is 0.290. The lowest BCUT2D eigenvalue weighted by Gasteiger charge is -2.38. The zero-order chi connectivity index (χ0) is 28.4. The Hall–Kier alpha value is -4.98. The number of methoxy groups -OCH3 is 1. The number of piperazine rings is 1. The number of amides is 2. The van der Waals surface area contributed by atoms with Gasteiger partial charge in [0.1, 0.15) is 11.5 Å². The van der Waals surface area contributed by atoms with Crippen LogP contribution >= 0.6 is 0 Å². The first-order chi connectivity index (χ1) is 20.1. The minimum Gasteiger partial charge on any atom is -0.495 e. The summed E-state index contributed by atoms with van der Waals surface area (Å²) in [6, 6.07) is 32.4. The average molecular weight is 551 g/mol. The van der Waals surface area contributed by atoms with Gasteiger partial charge in [-0.15, -0.1) is 0 Å². The molecular formula is C33H34N4O4. The highest BCUT2D eigenvalue weighted by Crippen LogP contribution is 2.31. The fourth-order valence-corrected chi connectivity index (χ4v) is 4.89. The third-order valence-electron chi connectivity index (χ3n) is 6.98. The monoisotopic (exact) mass is 550 g/mol. The number of anilines is 3. The minimum atomic E-state index is -0.303. The number of hydrogen-bond donors (Lipinski definition) is 2. The summed E-state index contributed by atoms with van der Waals surface area (Å²) in [6.07, 6.45) is 0. The molecular weight excluding hydrogens is 516 g/mol. The summed E-state index contributed by atoms with van der Waals surface area (Å²) < 4.78 is 11.1. The molecule has 41 heavy (non-hydrogen) atoms. The highest BCUT2D eigenvalue weighted by Gasteiger charge is 2.24. The number of benzene rings is 4. The van der Waals surface area contributed by atoms with E-state index in [9.17, 15) is 9.59 Å². The Morgan fingerprint density at radius 1 is 0.756 bits per heavy atom. The van der Waals surface area contributed by atoms with Crippen LogP contribution in [0.1, 0.15) is 15.9 Å². The lowest BCUT2D eigenvalue weighted by Crippen LogP contribution is -2.47. The number of hydrogen-bond acceptors (Lipinski definition) is 6. The smallest absolute Gasteiger partial charge is 0.262 e. The van der Waals surface area contributed by atoms with E-state index in [0.29, 0.717) is 23.5 Å². The Bertz CT molecular complexity index is 1450. The zero-order valence-electron chi connectivity index (χ0n) is 23.1. The molecule has 0 unspecified atom stereocenters. The van der Waals surface area contributed by atoms with E-state index in [1.165, 1.54) is 0 Å². The van der Waals surface area contributed by atoms with Crippen LogP contribution in [-0.2, 0) is 11.3 Å². The molecule has 2 N–H and O–H groups in total. The standard InChI is InChI=1S/C33H34N4O4/c1-40-31-15-9-8-14-30(31)37-20-18-36(19-21-37)29-17-16-26(35-32(38)24-41-27-12-6-3-7-13-27)22-28(29)33(39)34-23-25-10-4-2-5-11-25/h2-17,22H,18-21,23-24H2,1H3,(H,34,39)(H,35,38). The van der Waals surface area contributed by atoms with Crippen molar-refractivity contribution in [1.29, 1.82) is 0 Å². The summed E-state index contributed by atoms with van der Waals surface area (Å²) in [6.45, 7) is 3.29. The Morgan fingerprint density at radius 2 is 1.39 bits per heavy atom. The van der Waals surface area contributed by atoms with Crippen LogP contribution in [0.25, 0.3) is 0 Å². The van der Waals surface area contributed by atoms with Crippen LogP contribution in [0.2, 0.25) is 0 Å². The summed E-state index contributed by atoms with van der Waals surface area (Å²) >= 11 is 0. The molecule has 0 saturated carbocycles. The molecule has 1 aliphatic heterocycles. The number of nitrogens with zero attached hydrogens (tertiary/aromatic N) is 2. The van der Waals surface area contributed by atoms with Gasteiger partial charge in [-0.2, -0.15) is 0 Å². The van der Waals surface area contributed by atoms with E-state index >= 15 is 0 Å². The van der Waals surface area contributed by atoms with Gasteiger partial charge in [0.15, 0.2) is 6.61 Å². The van der Waals surface area contributed by atoms with Gasteiger partial charge >= 0.3 is 0 Å². The molecule has 210 valence electrons. The Labute approximate surface area is 240 Å². The molecule has 5 rings (SSSR count). The molecule has 0 aliphatic carbocycles. The van der Waals surface area contributed by atoms with Crippen molar-refractivity contribution in [1.82, 2.24) is 5.32 Å². The SMILES string of the molecule is COc1ccccc1N1CCN(c2ccc(NC(=O)COc3ccccc3)cc2C(=O)NCc2ccccc2)CC1. The van der Waals surface area contributed by atoms with Crippen molar-refractivity contribution >= 4 is 28.9 Å². The molecule has 4 aromatic rings. The van der Waals surface area contributed by atoms with E-state index < -0.39 is 0 Å². The fraction of sp³-hybridized carbons (Fsp3) is 0.212. The van der Waals surface area contributed by atoms with Crippen LogP contribution in [0, 0.1) is 0 Å². The van der Waals surface area contributed by atoms with Crippen molar-refractivity contribution in [2.24, 2.45) is 0 Å². The van der Waals surface area contributed by atoms with Crippen molar-refractivity contribution in [3.8, 4) is 11.5 Å². The maximum absolute atomic E-state index is 13.5. The van der Waals surface area contributed by atoms with Gasteiger partial charge in [-0.1, -0.05) is 60.7 Å². The molecule has 1 heterocycles. The molecule has 0 spiro atoms. The van der Waals surface area contributed by atoms with Crippen molar-refractivity contribution < 1.29 is 19.1 Å². The van der Waals surface area contributed by atoms with E-state index in [-0.39, 0.29) is 18.4 Å². The lowest BCUT2D eigenvalue weighted by molar-refractivity contribution is -0.118. The topological polar surface area (TPSA) is 83.1 Å². The van der Waals surface area contributed by atoms with Gasteiger partial charge in [-0.25, -0.2) is 0 Å². The van der Waals surface area contributed by atoms with Gasteiger partial charge in [0, 0.05) is 44.1 Å². The molecule has 0 atom stereocenters. The third kappa shape index (κ3) is 7.16. The van der Waals surface area contributed by atoms with Gasteiger partial charge in [0.25, 0.3) is 11.8 Å². The van der Waals surface area contributed by atoms with Gasteiger partial charge < -0.3 is 29.9 Å². The van der Waals surface area contributed by atoms with Crippen molar-refractivity contribution in [3.05, 3.63) is 114 Å². The van der Waals surface area contributed by atoms with E-state index in [4.69, 9.17) is 9.47 Å². The maximum Gasteiger partial charge on any atom is 0.262 e. The zero-order valence-corrected chi connectivity index (χ0v) is 23.1. The molecule has 1 fully saturated rings. The minimum absolute atomic E-state index is 0.133. The van der Waals surface area contributed by atoms with E-state index in [2.05, 4.69) is 26.5 Å². The van der Waals surface area contributed by atoms with Gasteiger partial charge in [-0.05, 0) is 48.0 Å². The number of nitrogens with one attached hydrogen (secondary N) is 2. The highest BCUT2D eigenvalue weighted by molar-refractivity contribution is 6.02. The second-order valence-electron chi connectivity index (χ2n) is 9.70. The lowest BCUT2D eigenvalue weighted by atomic mass is 10.1. The number of para-hydroxylation sites is 3. The Kier molecular flexibility index (Phi) is 9.01. The molecule has 8 nitrogen and oxygen atoms in total. The van der Waals surface area contributed by atoms with Crippen LogP contribution in [0.15, 0.2) is 103 Å². The summed E-state index contributed by atoms with van der Waals surface area (Å²) in [4.78, 5) is 30.6. The van der Waals surface area contributed by atoms with Crippen LogP contribution in [0.3, 0.4) is 0 Å². The molecule has 0 radical (unpaired) electrons. The van der Waals surface area contributed by atoms with Gasteiger partial charge in [0.2, 0.25) is 0 Å². The normalized spacial score (nSPS) is 12.9. The Morgan fingerprint density at radius 3 is 2.10 bits per heavy atom. The summed E-state index contributed by atoms with van der Waals surface area (Å²) in [5.41, 5.74) is 3.94. The Balaban J connectivity index is 1.31. The number of carbonyl (C=O) groups excluding carboxylic acids is 2. The first-order valence-corrected chi connectivity index (χ1v) is 13.7. The second-order valence-corrected chi connectivity index (χ2v) is 9.70. The first-order valence-electron chi connectivity index (χ1n) is 13.7. The molecule has 2 amide bonds. The summed E-state index contributed by atoms with van der Waals surface area (Å²) in [7, 11) is 1.68. The van der Waals surface area contributed by atoms with Crippen LogP contribution in [0.4, 0.5) is 17.1 Å². The third-order valence-corrected chi connectivity index (χ3v) is 6.98. The van der Waals surface area contributed by atoms with E-state index in [0.717, 1.165) is 48.9 Å². The van der Waals surface area contributed by atoms with E-state index in [1.54, 1.807) is 25.3 Å². The van der Waals surface area contributed by atoms with Gasteiger partial charge in [0.05, 0.1) is 18.4 Å². The molecule has 4 aromatic carbocycles. The second kappa shape index (κ2) is 13.4. The fourth-order valence-electron chi connectivity index (χ4n) is 4.89. The summed E-state index contributed by atoms with van der Waals surface area (Å²) in [5.74, 6) is 0.958. The highest BCUT2D eigenvalue weighted by atomic mass is 16.5. The van der Waals surface area contributed by atoms with E-state index in [1.807, 2.05) is 78.9 Å². The molecule has 1 saturated heterocycles. The number of rotatable bonds is 10. The number of ether oxygens (including phenoxy) is 2. The predicted octanol–water partition coefficient (Wildman–Crippen LogP) is 4.97. The largest absolute Gasteiger partial charge is 0.495 e. The summed E-state index contributed by atoms with van der Waals surface area (Å²) in [5, 5.41) is 5.91. The van der Waals surface area contributed by atoms with Crippen molar-refractivity contribution in [3.63, 3.8) is 0 Å². The molecule has 1 aliphatic rings. The predicted molar refractivity (Wildman–Crippen MR) is 162 cm³/mol. The molecule has 8 heteroatoms. The molecule has 0 aromatic heterocycles. The van der Waals surface area contributed by atoms with Crippen LogP contribution in [-0.4, -0.2) is 51.7 Å². The van der Waals surface area contributed by atoms with Crippen LogP contribution in [0.5, 0.6) is 11.5 Å². The number of carbonyl (C=O) groups is 2. The van der Waals surface area contributed by atoms with Gasteiger partial charge in [-0.3, -0.25) is 9.59 Å². The van der Waals surface area contributed by atoms with Crippen molar-refractivity contribution in [2.45, 2.75) is 6.54 Å². The van der Waals surface area contributed by atoms with Crippen molar-refractivity contribution in [2.75, 3.05) is 55.0 Å². The first kappa shape index (κ1) is 27.6. The van der Waals surface area contributed by atoms with Crippen LogP contribution < -0.4 is 29.9 Å².